The Morgan fingerprint density at radius 2 is 1.70 bits per heavy atom. The molecule has 2 heterocycles. The third kappa shape index (κ3) is 5.04. The third-order valence-electron chi connectivity index (χ3n) is 6.55. The summed E-state index contributed by atoms with van der Waals surface area (Å²) in [7, 11) is 0. The topological polar surface area (TPSA) is 139 Å². The van der Waals surface area contributed by atoms with Gasteiger partial charge in [0, 0.05) is 26.1 Å². The van der Waals surface area contributed by atoms with Gasteiger partial charge >= 0.3 is 5.69 Å². The number of nitrogens with zero attached hydrogens (tertiary/aromatic N) is 3. The maximum Gasteiger partial charge on any atom is 0.330 e. The van der Waals surface area contributed by atoms with Crippen molar-refractivity contribution in [1.82, 2.24) is 14.5 Å². The van der Waals surface area contributed by atoms with Crippen molar-refractivity contribution in [2.45, 2.75) is 72.3 Å². The van der Waals surface area contributed by atoms with Crippen molar-refractivity contribution in [2.75, 3.05) is 23.7 Å². The van der Waals surface area contributed by atoms with E-state index >= 15 is 0 Å². The van der Waals surface area contributed by atoms with Gasteiger partial charge in [-0.3, -0.25) is 33.6 Å². The molecule has 3 N–H and O–H groups in total. The largest absolute Gasteiger partial charge is 0.383 e. The minimum absolute atomic E-state index is 0.0155. The summed E-state index contributed by atoms with van der Waals surface area (Å²) >= 11 is 0. The number of likely N-dealkylation sites (tertiary alicyclic amines) is 1. The molecule has 182 valence electrons. The molecule has 3 rings (SSSR count). The van der Waals surface area contributed by atoms with Crippen LogP contribution in [-0.4, -0.2) is 45.3 Å². The molecule has 2 atom stereocenters. The average molecular weight is 462 g/mol. The van der Waals surface area contributed by atoms with Gasteiger partial charge in [-0.2, -0.15) is 0 Å². The summed E-state index contributed by atoms with van der Waals surface area (Å²) in [5.41, 5.74) is 4.82. The number of rotatable bonds is 9. The summed E-state index contributed by atoms with van der Waals surface area (Å²) in [5, 5.41) is 0. The zero-order valence-electron chi connectivity index (χ0n) is 19.8. The smallest absolute Gasteiger partial charge is 0.330 e. The van der Waals surface area contributed by atoms with Crippen LogP contribution in [0.15, 0.2) is 9.59 Å². The molecule has 0 radical (unpaired) electrons. The Hall–Kier alpha value is -2.91. The number of aromatic nitrogens is 2. The Labute approximate surface area is 193 Å². The van der Waals surface area contributed by atoms with Crippen LogP contribution in [0.3, 0.4) is 0 Å². The fourth-order valence-electron chi connectivity index (χ4n) is 4.85. The number of aromatic amines is 1. The maximum atomic E-state index is 13.3. The molecule has 0 aromatic carbocycles. The predicted molar refractivity (Wildman–Crippen MR) is 125 cm³/mol. The number of amides is 3. The van der Waals surface area contributed by atoms with Gasteiger partial charge in [0.2, 0.25) is 17.7 Å². The van der Waals surface area contributed by atoms with Gasteiger partial charge in [0.15, 0.2) is 5.69 Å². The first-order chi connectivity index (χ1) is 15.7. The van der Waals surface area contributed by atoms with Gasteiger partial charge in [-0.25, -0.2) is 4.79 Å². The first-order valence-corrected chi connectivity index (χ1v) is 12.0. The van der Waals surface area contributed by atoms with E-state index in [0.29, 0.717) is 25.8 Å². The minimum Gasteiger partial charge on any atom is -0.383 e. The monoisotopic (exact) mass is 461 g/mol. The molecule has 1 aliphatic heterocycles. The fraction of sp³-hybridized carbons (Fsp3) is 0.696. The van der Waals surface area contributed by atoms with Gasteiger partial charge in [-0.15, -0.1) is 0 Å². The van der Waals surface area contributed by atoms with Crippen LogP contribution in [-0.2, 0) is 20.9 Å². The molecule has 0 spiro atoms. The number of fused-ring (bicyclic) bond motifs is 1. The summed E-state index contributed by atoms with van der Waals surface area (Å²) in [5.74, 6) is -1.39. The SMILES string of the molecule is CCCCn1c(N)c(N(CC(C)C)C(=O)CCN2C(=O)[C@@H]3CCCC[C@H]3C2=O)c(=O)[nH]c1=O. The van der Waals surface area contributed by atoms with Crippen LogP contribution in [0.1, 0.15) is 65.7 Å². The second-order valence-corrected chi connectivity index (χ2v) is 9.47. The van der Waals surface area contributed by atoms with Gasteiger partial charge in [-0.1, -0.05) is 40.0 Å². The van der Waals surface area contributed by atoms with Crippen LogP contribution < -0.4 is 21.9 Å². The predicted octanol–water partition coefficient (Wildman–Crippen LogP) is 1.47. The first kappa shape index (κ1) is 24.7. The lowest BCUT2D eigenvalue weighted by Crippen LogP contribution is -2.44. The Morgan fingerprint density at radius 3 is 2.24 bits per heavy atom. The first-order valence-electron chi connectivity index (χ1n) is 12.0. The van der Waals surface area contributed by atoms with Crippen molar-refractivity contribution in [3.8, 4) is 0 Å². The highest BCUT2D eigenvalue weighted by Gasteiger charge is 2.48. The molecule has 10 heteroatoms. The number of imide groups is 1. The second kappa shape index (κ2) is 10.4. The molecule has 1 saturated heterocycles. The normalized spacial score (nSPS) is 20.4. The summed E-state index contributed by atoms with van der Waals surface area (Å²) in [6, 6.07) is 0. The summed E-state index contributed by atoms with van der Waals surface area (Å²) in [6.45, 7) is 6.29. The molecule has 0 bridgehead atoms. The highest BCUT2D eigenvalue weighted by atomic mass is 16.2. The van der Waals surface area contributed by atoms with Crippen LogP contribution in [0.2, 0.25) is 0 Å². The zero-order valence-corrected chi connectivity index (χ0v) is 19.8. The third-order valence-corrected chi connectivity index (χ3v) is 6.55. The summed E-state index contributed by atoms with van der Waals surface area (Å²) < 4.78 is 1.28. The molecule has 2 aliphatic rings. The van der Waals surface area contributed by atoms with Crippen molar-refractivity contribution < 1.29 is 14.4 Å². The van der Waals surface area contributed by atoms with E-state index in [0.717, 1.165) is 19.3 Å². The molecule has 1 aliphatic carbocycles. The number of anilines is 2. The van der Waals surface area contributed by atoms with E-state index in [9.17, 15) is 24.0 Å². The van der Waals surface area contributed by atoms with E-state index in [1.54, 1.807) is 0 Å². The van der Waals surface area contributed by atoms with E-state index < -0.39 is 17.2 Å². The van der Waals surface area contributed by atoms with E-state index in [1.165, 1.54) is 14.4 Å². The molecule has 1 saturated carbocycles. The van der Waals surface area contributed by atoms with Gasteiger partial charge < -0.3 is 10.6 Å². The van der Waals surface area contributed by atoms with Crippen LogP contribution in [0.5, 0.6) is 0 Å². The fourth-order valence-corrected chi connectivity index (χ4v) is 4.85. The number of nitrogens with one attached hydrogen (secondary N) is 1. The maximum absolute atomic E-state index is 13.3. The van der Waals surface area contributed by atoms with Crippen molar-refractivity contribution >= 4 is 29.2 Å². The average Bonchev–Trinajstić information content (AvgIpc) is 3.01. The van der Waals surface area contributed by atoms with Crippen molar-refractivity contribution in [1.29, 1.82) is 0 Å². The van der Waals surface area contributed by atoms with E-state index in [4.69, 9.17) is 5.73 Å². The van der Waals surface area contributed by atoms with Crippen LogP contribution in [0, 0.1) is 17.8 Å². The molecular weight excluding hydrogens is 426 g/mol. The van der Waals surface area contributed by atoms with Crippen molar-refractivity contribution in [3.63, 3.8) is 0 Å². The van der Waals surface area contributed by atoms with E-state index in [-0.39, 0.29) is 60.6 Å². The number of carbonyl (C=O) groups is 3. The molecule has 2 fully saturated rings. The standard InChI is InChI=1S/C23H35N5O5/c1-4-5-11-26-19(24)18(20(30)25-23(26)33)28(13-14(2)3)17(29)10-12-27-21(31)15-8-6-7-9-16(15)22(27)32/h14-16H,4-13,24H2,1-3H3,(H,25,30,33)/t15-,16-/m1/s1. The van der Waals surface area contributed by atoms with Gasteiger partial charge in [0.25, 0.3) is 5.56 Å². The van der Waals surface area contributed by atoms with Gasteiger partial charge in [0.1, 0.15) is 5.82 Å². The number of carbonyl (C=O) groups excluding carboxylic acids is 3. The van der Waals surface area contributed by atoms with Crippen LogP contribution in [0.4, 0.5) is 11.5 Å². The van der Waals surface area contributed by atoms with Crippen molar-refractivity contribution in [2.24, 2.45) is 17.8 Å². The number of nitrogens with two attached hydrogens (primary N) is 1. The zero-order chi connectivity index (χ0) is 24.3. The summed E-state index contributed by atoms with van der Waals surface area (Å²) in [6.07, 6.45) is 4.70. The highest BCUT2D eigenvalue weighted by molar-refractivity contribution is 6.05. The van der Waals surface area contributed by atoms with Crippen molar-refractivity contribution in [3.05, 3.63) is 20.8 Å². The van der Waals surface area contributed by atoms with E-state index in [1.807, 2.05) is 20.8 Å². The summed E-state index contributed by atoms with van der Waals surface area (Å²) in [4.78, 5) is 68.5. The number of H-pyrrole nitrogens is 1. The van der Waals surface area contributed by atoms with Crippen LogP contribution >= 0.6 is 0 Å². The minimum atomic E-state index is -0.724. The highest BCUT2D eigenvalue weighted by Crippen LogP contribution is 2.38. The quantitative estimate of drug-likeness (QED) is 0.534. The Morgan fingerprint density at radius 1 is 1.09 bits per heavy atom. The van der Waals surface area contributed by atoms with E-state index in [2.05, 4.69) is 4.98 Å². The second-order valence-electron chi connectivity index (χ2n) is 9.47. The molecular formula is C23H35N5O5. The number of hydrogen-bond acceptors (Lipinski definition) is 6. The molecule has 10 nitrogen and oxygen atoms in total. The molecule has 3 amide bonds. The van der Waals surface area contributed by atoms with Gasteiger partial charge in [0.05, 0.1) is 11.8 Å². The molecule has 0 unspecified atom stereocenters. The molecule has 1 aromatic rings. The molecule has 33 heavy (non-hydrogen) atoms. The lowest BCUT2D eigenvalue weighted by Gasteiger charge is -2.27. The number of hydrogen-bond donors (Lipinski definition) is 2. The number of nitrogen functional groups attached to an aromatic ring is 1. The van der Waals surface area contributed by atoms with Gasteiger partial charge in [-0.05, 0) is 25.2 Å². The lowest BCUT2D eigenvalue weighted by molar-refractivity contribution is -0.140. The van der Waals surface area contributed by atoms with Crippen LogP contribution in [0.25, 0.3) is 0 Å². The Kier molecular flexibility index (Phi) is 7.76. The molecule has 1 aromatic heterocycles. The Bertz CT molecular complexity index is 1000. The lowest BCUT2D eigenvalue weighted by atomic mass is 9.81. The number of unbranched alkanes of at least 4 members (excludes halogenated alkanes) is 1. The Balaban J connectivity index is 1.84.